The Morgan fingerprint density at radius 2 is 1.84 bits per heavy atom. The van der Waals surface area contributed by atoms with Crippen molar-refractivity contribution in [3.8, 4) is 0 Å². The van der Waals surface area contributed by atoms with Crippen molar-refractivity contribution in [2.24, 2.45) is 10.8 Å². The van der Waals surface area contributed by atoms with Gasteiger partial charge in [-0.05, 0) is 29.0 Å². The number of hydrogen-bond acceptors (Lipinski definition) is 2. The maximum atomic E-state index is 5.87. The number of rotatable bonds is 2. The number of nitrogen functional groups attached to an aromatic ring is 1. The van der Waals surface area contributed by atoms with E-state index in [9.17, 15) is 0 Å². The molecule has 102 valence electrons. The number of nitrogens with zero attached hydrogens (tertiary/aromatic N) is 2. The van der Waals surface area contributed by atoms with E-state index in [0.717, 1.165) is 17.6 Å². The Bertz CT molecular complexity index is 635. The van der Waals surface area contributed by atoms with Gasteiger partial charge in [-0.15, -0.1) is 0 Å². The van der Waals surface area contributed by atoms with Crippen molar-refractivity contribution in [3.63, 3.8) is 0 Å². The predicted molar refractivity (Wildman–Crippen MR) is 80.1 cm³/mol. The smallest absolute Gasteiger partial charge is 0.109 e. The first kappa shape index (κ1) is 12.5. The lowest BCUT2D eigenvalue weighted by molar-refractivity contribution is 0.457. The highest BCUT2D eigenvalue weighted by Crippen LogP contribution is 2.72. The molecule has 1 heterocycles. The predicted octanol–water partition coefficient (Wildman–Crippen LogP) is 3.79. The van der Waals surface area contributed by atoms with Gasteiger partial charge in [-0.1, -0.05) is 34.6 Å². The molecule has 3 nitrogen and oxygen atoms in total. The van der Waals surface area contributed by atoms with Crippen molar-refractivity contribution in [1.29, 1.82) is 0 Å². The number of aromatic nitrogens is 2. The van der Waals surface area contributed by atoms with Crippen molar-refractivity contribution in [2.75, 3.05) is 5.73 Å². The monoisotopic (exact) mass is 257 g/mol. The number of aryl methyl sites for hydroxylation is 1. The van der Waals surface area contributed by atoms with Crippen LogP contribution in [0.3, 0.4) is 0 Å². The molecule has 3 rings (SSSR count). The molecule has 0 saturated heterocycles. The topological polar surface area (TPSA) is 43.8 Å². The molecule has 2 N–H and O–H groups in total. The second-order valence-electron chi connectivity index (χ2n) is 6.85. The summed E-state index contributed by atoms with van der Waals surface area (Å²) in [5.41, 5.74) is 9.52. The van der Waals surface area contributed by atoms with Crippen molar-refractivity contribution in [2.45, 2.75) is 47.1 Å². The number of anilines is 1. The van der Waals surface area contributed by atoms with Gasteiger partial charge in [0.1, 0.15) is 5.82 Å². The van der Waals surface area contributed by atoms with Crippen LogP contribution in [0.2, 0.25) is 0 Å². The van der Waals surface area contributed by atoms with Crippen LogP contribution in [0.5, 0.6) is 0 Å². The quantitative estimate of drug-likeness (QED) is 0.832. The van der Waals surface area contributed by atoms with E-state index in [0.29, 0.717) is 16.9 Å². The molecule has 0 unspecified atom stereocenters. The van der Waals surface area contributed by atoms with Crippen LogP contribution in [0.15, 0.2) is 18.2 Å². The van der Waals surface area contributed by atoms with Crippen LogP contribution in [0, 0.1) is 10.8 Å². The SMILES string of the molecule is CCc1nc2cc(N)ccc2n1C1C(C)(C)C1(C)C. The largest absolute Gasteiger partial charge is 0.399 e. The van der Waals surface area contributed by atoms with Gasteiger partial charge in [0.05, 0.1) is 11.0 Å². The summed E-state index contributed by atoms with van der Waals surface area (Å²) in [7, 11) is 0. The van der Waals surface area contributed by atoms with E-state index >= 15 is 0 Å². The molecular formula is C16H23N3. The summed E-state index contributed by atoms with van der Waals surface area (Å²) in [6.07, 6.45) is 0.956. The van der Waals surface area contributed by atoms with Crippen molar-refractivity contribution >= 4 is 16.7 Å². The molecule has 0 aliphatic heterocycles. The van der Waals surface area contributed by atoms with Crippen LogP contribution in [0.1, 0.15) is 46.5 Å². The molecule has 19 heavy (non-hydrogen) atoms. The number of nitrogens with two attached hydrogens (primary N) is 1. The highest BCUT2D eigenvalue weighted by atomic mass is 15.2. The Morgan fingerprint density at radius 3 is 2.37 bits per heavy atom. The third-order valence-electron chi connectivity index (χ3n) is 5.31. The van der Waals surface area contributed by atoms with E-state index < -0.39 is 0 Å². The Morgan fingerprint density at radius 1 is 1.21 bits per heavy atom. The van der Waals surface area contributed by atoms with Gasteiger partial charge in [0.25, 0.3) is 0 Å². The summed E-state index contributed by atoms with van der Waals surface area (Å²) in [6.45, 7) is 11.6. The van der Waals surface area contributed by atoms with Crippen LogP contribution in [-0.4, -0.2) is 9.55 Å². The van der Waals surface area contributed by atoms with Crippen molar-refractivity contribution < 1.29 is 0 Å². The second-order valence-corrected chi connectivity index (χ2v) is 6.85. The van der Waals surface area contributed by atoms with Crippen molar-refractivity contribution in [1.82, 2.24) is 9.55 Å². The highest BCUT2D eigenvalue weighted by molar-refractivity contribution is 5.80. The first-order chi connectivity index (χ1) is 8.80. The summed E-state index contributed by atoms with van der Waals surface area (Å²) in [5, 5.41) is 0. The van der Waals surface area contributed by atoms with Gasteiger partial charge >= 0.3 is 0 Å². The Balaban J connectivity index is 2.24. The van der Waals surface area contributed by atoms with Gasteiger partial charge in [0.2, 0.25) is 0 Å². The highest BCUT2D eigenvalue weighted by Gasteiger charge is 2.66. The van der Waals surface area contributed by atoms with Crippen LogP contribution < -0.4 is 5.73 Å². The van der Waals surface area contributed by atoms with Gasteiger partial charge in [0.15, 0.2) is 0 Å². The van der Waals surface area contributed by atoms with Crippen LogP contribution >= 0.6 is 0 Å². The Hall–Kier alpha value is -1.51. The first-order valence-electron chi connectivity index (χ1n) is 7.07. The average Bonchev–Trinajstić information content (AvgIpc) is 2.63. The van der Waals surface area contributed by atoms with Crippen LogP contribution in [-0.2, 0) is 6.42 Å². The summed E-state index contributed by atoms with van der Waals surface area (Å²) in [5.74, 6) is 1.17. The number of hydrogen-bond donors (Lipinski definition) is 1. The number of imidazole rings is 1. The van der Waals surface area contributed by atoms with E-state index in [-0.39, 0.29) is 0 Å². The Kier molecular flexibility index (Phi) is 2.32. The van der Waals surface area contributed by atoms with E-state index in [4.69, 9.17) is 10.7 Å². The molecule has 0 amide bonds. The third-order valence-corrected chi connectivity index (χ3v) is 5.31. The summed E-state index contributed by atoms with van der Waals surface area (Å²) in [4.78, 5) is 4.77. The molecule has 2 aromatic rings. The fourth-order valence-corrected chi connectivity index (χ4v) is 3.51. The molecule has 0 atom stereocenters. The van der Waals surface area contributed by atoms with Gasteiger partial charge in [0, 0.05) is 18.2 Å². The average molecular weight is 257 g/mol. The zero-order valence-corrected chi connectivity index (χ0v) is 12.5. The minimum absolute atomic E-state index is 0.311. The maximum absolute atomic E-state index is 5.87. The van der Waals surface area contributed by atoms with Crippen molar-refractivity contribution in [3.05, 3.63) is 24.0 Å². The standard InChI is InChI=1S/C16H23N3/c1-6-13-18-11-9-10(17)7-8-12(11)19(13)14-15(2,3)16(14,4)5/h7-9,14H,6,17H2,1-5H3. The number of benzene rings is 1. The molecule has 0 bridgehead atoms. The molecular weight excluding hydrogens is 234 g/mol. The lowest BCUT2D eigenvalue weighted by Gasteiger charge is -2.10. The molecule has 1 saturated carbocycles. The van der Waals surface area contributed by atoms with E-state index in [1.54, 1.807) is 0 Å². The maximum Gasteiger partial charge on any atom is 0.109 e. The molecule has 1 aromatic carbocycles. The minimum atomic E-state index is 0.311. The van der Waals surface area contributed by atoms with Gasteiger partial charge in [-0.2, -0.15) is 0 Å². The zero-order chi connectivity index (χ0) is 14.0. The van der Waals surface area contributed by atoms with E-state index in [1.807, 2.05) is 12.1 Å². The lowest BCUT2D eigenvalue weighted by Crippen LogP contribution is -2.05. The van der Waals surface area contributed by atoms with Crippen LogP contribution in [0.4, 0.5) is 5.69 Å². The summed E-state index contributed by atoms with van der Waals surface area (Å²) >= 11 is 0. The molecule has 1 aromatic heterocycles. The third kappa shape index (κ3) is 1.47. The normalized spacial score (nSPS) is 20.9. The molecule has 1 fully saturated rings. The number of fused-ring (bicyclic) bond motifs is 1. The molecule has 1 aliphatic carbocycles. The zero-order valence-electron chi connectivity index (χ0n) is 12.5. The Labute approximate surface area is 114 Å². The first-order valence-corrected chi connectivity index (χ1v) is 7.07. The molecule has 0 spiro atoms. The second kappa shape index (κ2) is 3.53. The fourth-order valence-electron chi connectivity index (χ4n) is 3.51. The van der Waals surface area contributed by atoms with Crippen LogP contribution in [0.25, 0.3) is 11.0 Å². The van der Waals surface area contributed by atoms with Gasteiger partial charge in [-0.25, -0.2) is 4.98 Å². The van der Waals surface area contributed by atoms with Gasteiger partial charge < -0.3 is 10.3 Å². The van der Waals surface area contributed by atoms with E-state index in [2.05, 4.69) is 45.3 Å². The lowest BCUT2D eigenvalue weighted by atomic mass is 10.0. The molecule has 0 radical (unpaired) electrons. The fraction of sp³-hybridized carbons (Fsp3) is 0.562. The summed E-state index contributed by atoms with van der Waals surface area (Å²) < 4.78 is 2.44. The van der Waals surface area contributed by atoms with E-state index in [1.165, 1.54) is 11.3 Å². The van der Waals surface area contributed by atoms with Gasteiger partial charge in [-0.3, -0.25) is 0 Å². The molecule has 1 aliphatic rings. The minimum Gasteiger partial charge on any atom is -0.399 e. The molecule has 3 heteroatoms. The summed E-state index contributed by atoms with van der Waals surface area (Å²) in [6, 6.07) is 6.58.